The van der Waals surface area contributed by atoms with Crippen LogP contribution in [0.4, 0.5) is 0 Å². The normalized spacial score (nSPS) is 42.4. The van der Waals surface area contributed by atoms with Crippen molar-refractivity contribution in [1.82, 2.24) is 0 Å². The Morgan fingerprint density at radius 1 is 1.25 bits per heavy atom. The van der Waals surface area contributed by atoms with E-state index in [9.17, 15) is 4.79 Å². The second-order valence-electron chi connectivity index (χ2n) is 4.68. The van der Waals surface area contributed by atoms with Gasteiger partial charge in [0.15, 0.2) is 0 Å². The molecule has 0 bridgehead atoms. The Morgan fingerprint density at radius 2 is 2.00 bits per heavy atom. The van der Waals surface area contributed by atoms with Crippen molar-refractivity contribution in [1.29, 1.82) is 0 Å². The fourth-order valence-corrected chi connectivity index (χ4v) is 3.03. The van der Waals surface area contributed by atoms with Crippen LogP contribution < -0.4 is 0 Å². The molecule has 0 aliphatic heterocycles. The van der Waals surface area contributed by atoms with E-state index in [0.717, 1.165) is 25.2 Å². The topological polar surface area (TPSA) is 17.1 Å². The van der Waals surface area contributed by atoms with Crippen LogP contribution >= 0.6 is 0 Å². The van der Waals surface area contributed by atoms with Gasteiger partial charge in [-0.1, -0.05) is 19.8 Å². The SMILES string of the molecule is C[C@]12CCCC[C@H]1CCCC2=O. The molecule has 2 aliphatic carbocycles. The Bertz CT molecular complexity index is 195. The second-order valence-corrected chi connectivity index (χ2v) is 4.68. The van der Waals surface area contributed by atoms with E-state index in [1.165, 1.54) is 25.7 Å². The molecule has 0 spiro atoms. The quantitative estimate of drug-likeness (QED) is 0.540. The maximum absolute atomic E-state index is 11.8. The van der Waals surface area contributed by atoms with E-state index in [4.69, 9.17) is 0 Å². The zero-order valence-corrected chi connectivity index (χ0v) is 7.94. The molecule has 0 radical (unpaired) electrons. The van der Waals surface area contributed by atoms with Crippen LogP contribution in [0, 0.1) is 11.3 Å². The third-order valence-electron chi connectivity index (χ3n) is 3.99. The molecule has 0 aromatic rings. The fourth-order valence-electron chi connectivity index (χ4n) is 3.03. The van der Waals surface area contributed by atoms with Crippen LogP contribution in [0.3, 0.4) is 0 Å². The highest BCUT2D eigenvalue weighted by Crippen LogP contribution is 2.47. The molecular weight excluding hydrogens is 148 g/mol. The molecule has 0 aromatic heterocycles. The monoisotopic (exact) mass is 166 g/mol. The van der Waals surface area contributed by atoms with Gasteiger partial charge in [0.25, 0.3) is 0 Å². The van der Waals surface area contributed by atoms with Crippen molar-refractivity contribution < 1.29 is 4.79 Å². The van der Waals surface area contributed by atoms with Crippen LogP contribution in [0.15, 0.2) is 0 Å². The maximum atomic E-state index is 11.8. The highest BCUT2D eigenvalue weighted by molar-refractivity contribution is 5.85. The van der Waals surface area contributed by atoms with Crippen LogP contribution in [0.2, 0.25) is 0 Å². The molecule has 2 saturated carbocycles. The summed E-state index contributed by atoms with van der Waals surface area (Å²) in [6.45, 7) is 2.21. The van der Waals surface area contributed by atoms with E-state index in [1.807, 2.05) is 0 Å². The Hall–Kier alpha value is -0.330. The van der Waals surface area contributed by atoms with Gasteiger partial charge < -0.3 is 0 Å². The predicted octanol–water partition coefficient (Wildman–Crippen LogP) is 2.94. The molecule has 12 heavy (non-hydrogen) atoms. The molecule has 1 heteroatoms. The summed E-state index contributed by atoms with van der Waals surface area (Å²) in [6.07, 6.45) is 8.42. The lowest BCUT2D eigenvalue weighted by molar-refractivity contribution is -0.136. The van der Waals surface area contributed by atoms with E-state index in [2.05, 4.69) is 6.92 Å². The van der Waals surface area contributed by atoms with Gasteiger partial charge in [-0.15, -0.1) is 0 Å². The third kappa shape index (κ3) is 1.10. The predicted molar refractivity (Wildman–Crippen MR) is 48.9 cm³/mol. The van der Waals surface area contributed by atoms with Gasteiger partial charge in [-0.05, 0) is 31.6 Å². The summed E-state index contributed by atoms with van der Waals surface area (Å²) in [5.74, 6) is 1.28. The number of hydrogen-bond donors (Lipinski definition) is 0. The zero-order chi connectivity index (χ0) is 8.60. The second kappa shape index (κ2) is 2.86. The van der Waals surface area contributed by atoms with E-state index in [-0.39, 0.29) is 5.41 Å². The lowest BCUT2D eigenvalue weighted by Gasteiger charge is -2.43. The van der Waals surface area contributed by atoms with Crippen molar-refractivity contribution >= 4 is 5.78 Å². The van der Waals surface area contributed by atoms with Gasteiger partial charge in [-0.3, -0.25) is 4.79 Å². The minimum absolute atomic E-state index is 0.0938. The van der Waals surface area contributed by atoms with Gasteiger partial charge in [0.05, 0.1) is 0 Å². The Labute approximate surface area is 74.5 Å². The van der Waals surface area contributed by atoms with Gasteiger partial charge in [-0.25, -0.2) is 0 Å². The minimum atomic E-state index is 0.0938. The Kier molecular flexibility index (Phi) is 1.97. The maximum Gasteiger partial charge on any atom is 0.139 e. The number of hydrogen-bond acceptors (Lipinski definition) is 1. The first-order chi connectivity index (χ1) is 5.73. The van der Waals surface area contributed by atoms with Gasteiger partial charge in [0, 0.05) is 11.8 Å². The van der Waals surface area contributed by atoms with Gasteiger partial charge in [0.1, 0.15) is 5.78 Å². The highest BCUT2D eigenvalue weighted by atomic mass is 16.1. The first kappa shape index (κ1) is 8.28. The number of fused-ring (bicyclic) bond motifs is 1. The lowest BCUT2D eigenvalue weighted by Crippen LogP contribution is -2.41. The van der Waals surface area contributed by atoms with Gasteiger partial charge in [0.2, 0.25) is 0 Å². The average Bonchev–Trinajstić information content (AvgIpc) is 2.07. The standard InChI is InChI=1S/C11H18O/c1-11-8-3-2-5-9(11)6-4-7-10(11)12/h9H,2-8H2,1H3/t9-,11-/m0/s1. The highest BCUT2D eigenvalue weighted by Gasteiger charge is 2.43. The Morgan fingerprint density at radius 3 is 2.75 bits per heavy atom. The minimum Gasteiger partial charge on any atom is -0.299 e. The molecule has 2 aliphatic rings. The van der Waals surface area contributed by atoms with Gasteiger partial charge >= 0.3 is 0 Å². The van der Waals surface area contributed by atoms with Crippen molar-refractivity contribution in [3.8, 4) is 0 Å². The molecule has 68 valence electrons. The molecule has 0 unspecified atom stereocenters. The lowest BCUT2D eigenvalue weighted by atomic mass is 9.60. The summed E-state index contributed by atoms with van der Waals surface area (Å²) >= 11 is 0. The summed E-state index contributed by atoms with van der Waals surface area (Å²) in [4.78, 5) is 11.8. The van der Waals surface area contributed by atoms with Crippen molar-refractivity contribution in [3.05, 3.63) is 0 Å². The molecule has 2 atom stereocenters. The molecule has 1 nitrogen and oxygen atoms in total. The summed E-state index contributed by atoms with van der Waals surface area (Å²) in [5.41, 5.74) is 0.0938. The van der Waals surface area contributed by atoms with E-state index in [0.29, 0.717) is 5.78 Å². The van der Waals surface area contributed by atoms with Crippen LogP contribution in [0.25, 0.3) is 0 Å². The van der Waals surface area contributed by atoms with E-state index >= 15 is 0 Å². The first-order valence-electron chi connectivity index (χ1n) is 5.27. The van der Waals surface area contributed by atoms with Crippen molar-refractivity contribution in [3.63, 3.8) is 0 Å². The number of carbonyl (C=O) groups is 1. The van der Waals surface area contributed by atoms with Crippen LogP contribution in [0.5, 0.6) is 0 Å². The van der Waals surface area contributed by atoms with Crippen molar-refractivity contribution in [2.45, 2.75) is 51.9 Å². The largest absolute Gasteiger partial charge is 0.299 e. The molecule has 0 amide bonds. The molecule has 0 heterocycles. The summed E-state index contributed by atoms with van der Waals surface area (Å²) in [5, 5.41) is 0. The van der Waals surface area contributed by atoms with E-state index < -0.39 is 0 Å². The molecule has 0 saturated heterocycles. The Balaban J connectivity index is 2.20. The van der Waals surface area contributed by atoms with Gasteiger partial charge in [-0.2, -0.15) is 0 Å². The van der Waals surface area contributed by atoms with Crippen molar-refractivity contribution in [2.75, 3.05) is 0 Å². The summed E-state index contributed by atoms with van der Waals surface area (Å²) in [7, 11) is 0. The first-order valence-corrected chi connectivity index (χ1v) is 5.27. The number of Topliss-reactive ketones (excluding diaryl/α,β-unsaturated/α-hetero) is 1. The molecule has 0 N–H and O–H groups in total. The fraction of sp³-hybridized carbons (Fsp3) is 0.909. The molecule has 2 fully saturated rings. The average molecular weight is 166 g/mol. The van der Waals surface area contributed by atoms with Crippen LogP contribution in [-0.2, 0) is 4.79 Å². The number of ketones is 1. The third-order valence-corrected chi connectivity index (χ3v) is 3.99. The van der Waals surface area contributed by atoms with Crippen LogP contribution in [0.1, 0.15) is 51.9 Å². The zero-order valence-electron chi connectivity index (χ0n) is 7.94. The van der Waals surface area contributed by atoms with Crippen LogP contribution in [-0.4, -0.2) is 5.78 Å². The molecule has 0 aromatic carbocycles. The summed E-state index contributed by atoms with van der Waals surface area (Å²) in [6, 6.07) is 0. The molecule has 2 rings (SSSR count). The molecular formula is C11H18O. The summed E-state index contributed by atoms with van der Waals surface area (Å²) < 4.78 is 0. The van der Waals surface area contributed by atoms with Crippen molar-refractivity contribution in [2.24, 2.45) is 11.3 Å². The smallest absolute Gasteiger partial charge is 0.139 e. The van der Waals surface area contributed by atoms with E-state index in [1.54, 1.807) is 0 Å². The number of rotatable bonds is 0. The number of carbonyl (C=O) groups excluding carboxylic acids is 1.